The van der Waals surface area contributed by atoms with Gasteiger partial charge in [-0.1, -0.05) is 78.9 Å². The van der Waals surface area contributed by atoms with Crippen LogP contribution in [0.1, 0.15) is 0 Å². The maximum absolute atomic E-state index is 6.66. The quantitative estimate of drug-likeness (QED) is 0.177. The van der Waals surface area contributed by atoms with Crippen LogP contribution in [0.2, 0.25) is 0 Å². The molecule has 0 spiro atoms. The van der Waals surface area contributed by atoms with Crippen LogP contribution in [0.3, 0.4) is 0 Å². The predicted octanol–water partition coefficient (Wildman–Crippen LogP) is 14.3. The lowest BCUT2D eigenvalue weighted by molar-refractivity contribution is 0.622. The maximum Gasteiger partial charge on any atom is 0.227 e. The predicted molar refractivity (Wildman–Crippen MR) is 229 cm³/mol. The van der Waals surface area contributed by atoms with Crippen molar-refractivity contribution in [1.82, 2.24) is 9.55 Å². The van der Waals surface area contributed by atoms with Crippen LogP contribution >= 0.6 is 11.3 Å². The Hall–Kier alpha value is -7.15. The van der Waals surface area contributed by atoms with Crippen LogP contribution in [0.4, 0.5) is 17.1 Å². The Balaban J connectivity index is 1.12. The van der Waals surface area contributed by atoms with Crippen molar-refractivity contribution >= 4 is 103 Å². The van der Waals surface area contributed by atoms with E-state index in [1.807, 2.05) is 53.8 Å². The van der Waals surface area contributed by atoms with Crippen LogP contribution in [0.25, 0.3) is 92.2 Å². The summed E-state index contributed by atoms with van der Waals surface area (Å²) < 4.78 is 18.0. The molecule has 0 aliphatic rings. The first-order valence-electron chi connectivity index (χ1n) is 18.4. The minimum absolute atomic E-state index is 0.597. The highest BCUT2D eigenvalue weighted by molar-refractivity contribution is 7.25. The molecule has 0 unspecified atom stereocenters. The number of nitrogens with zero attached hydrogens (tertiary/aromatic N) is 3. The number of hydrogen-bond acceptors (Lipinski definition) is 5. The van der Waals surface area contributed by atoms with E-state index in [1.165, 1.54) is 30.9 Å². The van der Waals surface area contributed by atoms with Crippen molar-refractivity contribution in [2.45, 2.75) is 0 Å². The highest BCUT2D eigenvalue weighted by atomic mass is 32.1. The molecule has 4 heterocycles. The summed E-state index contributed by atoms with van der Waals surface area (Å²) in [4.78, 5) is 7.24. The standard InChI is InChI=1S/C49H29N3O2S/c1-3-12-30(13-4-1)49-50-38-25-26-42-47(48(38)54-49)36-24-22-33(29-43(36)53-42)51(32-23-27-45-37(28-32)34-16-8-10-21-44(34)55-45)40-19-11-20-41-46(40)35-17-7-9-18-39(35)52(41)31-14-5-2-6-15-31/h1-29H. The van der Waals surface area contributed by atoms with Crippen LogP contribution in [0.15, 0.2) is 185 Å². The number of aromatic nitrogens is 2. The second kappa shape index (κ2) is 11.7. The average molecular weight is 724 g/mol. The van der Waals surface area contributed by atoms with E-state index in [0.717, 1.165) is 72.4 Å². The summed E-state index contributed by atoms with van der Waals surface area (Å²) >= 11 is 1.83. The molecule has 0 aliphatic heterocycles. The fourth-order valence-corrected chi connectivity index (χ4v) is 9.49. The van der Waals surface area contributed by atoms with Gasteiger partial charge in [0.1, 0.15) is 16.7 Å². The van der Waals surface area contributed by atoms with Gasteiger partial charge in [0.25, 0.3) is 0 Å². The number of rotatable bonds is 5. The summed E-state index contributed by atoms with van der Waals surface area (Å²) in [6.45, 7) is 0. The van der Waals surface area contributed by atoms with Crippen molar-refractivity contribution in [2.24, 2.45) is 0 Å². The lowest BCUT2D eigenvalue weighted by atomic mass is 10.1. The van der Waals surface area contributed by atoms with Gasteiger partial charge in [-0.25, -0.2) is 4.98 Å². The molecule has 0 saturated heterocycles. The Kier molecular flexibility index (Phi) is 6.44. The number of benzene rings is 8. The third-order valence-electron chi connectivity index (χ3n) is 10.8. The zero-order valence-electron chi connectivity index (χ0n) is 29.3. The van der Waals surface area contributed by atoms with E-state index >= 15 is 0 Å². The van der Waals surface area contributed by atoms with Crippen LogP contribution in [-0.2, 0) is 0 Å². The van der Waals surface area contributed by atoms with Gasteiger partial charge in [0.05, 0.1) is 22.1 Å². The molecule has 55 heavy (non-hydrogen) atoms. The second-order valence-electron chi connectivity index (χ2n) is 13.9. The Morgan fingerprint density at radius 3 is 2.11 bits per heavy atom. The van der Waals surface area contributed by atoms with Crippen molar-refractivity contribution in [2.75, 3.05) is 4.90 Å². The largest absolute Gasteiger partial charge is 0.456 e. The normalized spacial score (nSPS) is 12.0. The molecule has 12 rings (SSSR count). The summed E-state index contributed by atoms with van der Waals surface area (Å²) in [6.07, 6.45) is 0. The summed E-state index contributed by atoms with van der Waals surface area (Å²) in [5, 5.41) is 6.79. The van der Waals surface area contributed by atoms with Crippen LogP contribution in [-0.4, -0.2) is 9.55 Å². The number of thiophene rings is 1. The minimum Gasteiger partial charge on any atom is -0.456 e. The zero-order valence-corrected chi connectivity index (χ0v) is 30.1. The van der Waals surface area contributed by atoms with Gasteiger partial charge in [0, 0.05) is 65.0 Å². The van der Waals surface area contributed by atoms with E-state index in [9.17, 15) is 0 Å². The van der Waals surface area contributed by atoms with Crippen molar-refractivity contribution < 1.29 is 8.83 Å². The molecule has 0 aliphatic carbocycles. The van der Waals surface area contributed by atoms with Gasteiger partial charge >= 0.3 is 0 Å². The van der Waals surface area contributed by atoms with Crippen molar-refractivity contribution in [3.8, 4) is 17.1 Å². The third-order valence-corrected chi connectivity index (χ3v) is 12.0. The van der Waals surface area contributed by atoms with E-state index < -0.39 is 0 Å². The van der Waals surface area contributed by atoms with Crippen LogP contribution in [0.5, 0.6) is 0 Å². The van der Waals surface area contributed by atoms with E-state index in [1.54, 1.807) is 0 Å². The highest BCUT2D eigenvalue weighted by Gasteiger charge is 2.23. The SMILES string of the molecule is c1ccc(-c2nc3ccc4oc5cc(N(c6ccc7sc8ccccc8c7c6)c6cccc7c6c6ccccc6n7-c6ccccc6)ccc5c4c3o2)cc1. The number of hydrogen-bond donors (Lipinski definition) is 0. The molecule has 0 amide bonds. The molecule has 0 N–H and O–H groups in total. The van der Waals surface area contributed by atoms with Gasteiger partial charge in [-0.15, -0.1) is 11.3 Å². The maximum atomic E-state index is 6.66. The van der Waals surface area contributed by atoms with E-state index in [0.29, 0.717) is 5.89 Å². The Morgan fingerprint density at radius 1 is 0.491 bits per heavy atom. The van der Waals surface area contributed by atoms with E-state index in [-0.39, 0.29) is 0 Å². The van der Waals surface area contributed by atoms with Gasteiger partial charge in [0.15, 0.2) is 5.58 Å². The Bertz CT molecular complexity index is 3450. The van der Waals surface area contributed by atoms with Crippen molar-refractivity contribution in [3.63, 3.8) is 0 Å². The first kappa shape index (κ1) is 30.3. The zero-order chi connectivity index (χ0) is 36.0. The summed E-state index contributed by atoms with van der Waals surface area (Å²) in [6, 6.07) is 62.1. The number of anilines is 3. The minimum atomic E-state index is 0.597. The van der Waals surface area contributed by atoms with Crippen LogP contribution < -0.4 is 4.90 Å². The van der Waals surface area contributed by atoms with Gasteiger partial charge in [0.2, 0.25) is 5.89 Å². The Labute approximate surface area is 318 Å². The molecule has 0 saturated carbocycles. The molecule has 0 fully saturated rings. The number of oxazole rings is 1. The fraction of sp³-hybridized carbons (Fsp3) is 0. The second-order valence-corrected chi connectivity index (χ2v) is 15.0. The van der Waals surface area contributed by atoms with Gasteiger partial charge < -0.3 is 18.3 Å². The molecule has 12 aromatic rings. The fourth-order valence-electron chi connectivity index (χ4n) is 8.40. The average Bonchev–Trinajstić information content (AvgIpc) is 4.02. The molecular weight excluding hydrogens is 695 g/mol. The van der Waals surface area contributed by atoms with Gasteiger partial charge in [-0.2, -0.15) is 0 Å². The lowest BCUT2D eigenvalue weighted by Gasteiger charge is -2.26. The van der Waals surface area contributed by atoms with E-state index in [4.69, 9.17) is 13.8 Å². The molecule has 0 radical (unpaired) electrons. The number of furan rings is 1. The molecule has 4 aromatic heterocycles. The molecule has 258 valence electrons. The monoisotopic (exact) mass is 723 g/mol. The third kappa shape index (κ3) is 4.55. The molecular formula is C49H29N3O2S. The first-order valence-corrected chi connectivity index (χ1v) is 19.2. The van der Waals surface area contributed by atoms with Gasteiger partial charge in [-0.3, -0.25) is 0 Å². The van der Waals surface area contributed by atoms with Gasteiger partial charge in [-0.05, 0) is 91.0 Å². The van der Waals surface area contributed by atoms with Crippen molar-refractivity contribution in [1.29, 1.82) is 0 Å². The summed E-state index contributed by atoms with van der Waals surface area (Å²) in [5.74, 6) is 0.597. The number of fused-ring (bicyclic) bond motifs is 11. The smallest absolute Gasteiger partial charge is 0.227 e. The topological polar surface area (TPSA) is 47.3 Å². The number of para-hydroxylation sites is 2. The first-order chi connectivity index (χ1) is 27.3. The molecule has 6 heteroatoms. The van der Waals surface area contributed by atoms with Crippen LogP contribution in [0, 0.1) is 0 Å². The Morgan fingerprint density at radius 2 is 1.22 bits per heavy atom. The summed E-state index contributed by atoms with van der Waals surface area (Å²) in [7, 11) is 0. The molecule has 0 bridgehead atoms. The van der Waals surface area contributed by atoms with Crippen molar-refractivity contribution in [3.05, 3.63) is 176 Å². The highest BCUT2D eigenvalue weighted by Crippen LogP contribution is 2.47. The van der Waals surface area contributed by atoms with E-state index in [2.05, 4.69) is 143 Å². The lowest BCUT2D eigenvalue weighted by Crippen LogP contribution is -2.10. The summed E-state index contributed by atoms with van der Waals surface area (Å²) in [5.41, 5.74) is 10.6. The molecule has 5 nitrogen and oxygen atoms in total. The molecule has 8 aromatic carbocycles. The molecule has 0 atom stereocenters.